The molecule has 4 heteroatoms. The molecule has 0 spiro atoms. The van der Waals surface area contributed by atoms with Crippen LogP contribution in [0.25, 0.3) is 0 Å². The molecule has 0 aliphatic rings. The Morgan fingerprint density at radius 1 is 1.23 bits per heavy atom. The molecule has 0 radical (unpaired) electrons. The van der Waals surface area contributed by atoms with Crippen molar-refractivity contribution in [1.82, 2.24) is 5.32 Å². The minimum absolute atomic E-state index is 0.319. The van der Waals surface area contributed by atoms with Crippen LogP contribution in [0.4, 0.5) is 0 Å². The maximum Gasteiger partial charge on any atom is 0.323 e. The van der Waals surface area contributed by atoms with Gasteiger partial charge in [0.2, 0.25) is 0 Å². The van der Waals surface area contributed by atoms with E-state index in [0.29, 0.717) is 6.42 Å². The van der Waals surface area contributed by atoms with Crippen molar-refractivity contribution in [2.24, 2.45) is 5.73 Å². The highest BCUT2D eigenvalue weighted by molar-refractivity contribution is 5.75. The number of carbonyl (C=O) groups excluding carboxylic acids is 1. The monoisotopic (exact) mass is 308 g/mol. The topological polar surface area (TPSA) is 64.3 Å². The van der Waals surface area contributed by atoms with E-state index in [9.17, 15) is 4.79 Å². The Balaban J connectivity index is 0.00000211. The number of hydrogen-bond donors (Lipinski definition) is 2. The van der Waals surface area contributed by atoms with Crippen molar-refractivity contribution < 1.29 is 9.53 Å². The van der Waals surface area contributed by atoms with Gasteiger partial charge in [-0.2, -0.15) is 0 Å². The van der Waals surface area contributed by atoms with Crippen LogP contribution < -0.4 is 11.1 Å². The molecule has 0 saturated carbocycles. The highest BCUT2D eigenvalue weighted by Gasteiger charge is 2.21. The fraction of sp³-hybridized carbons (Fsp3) is 0.611. The number of rotatable bonds is 7. The molecule has 1 atom stereocenters. The summed E-state index contributed by atoms with van der Waals surface area (Å²) in [7, 11) is 0. The van der Waals surface area contributed by atoms with Crippen molar-refractivity contribution in [2.75, 3.05) is 6.54 Å². The maximum atomic E-state index is 11.7. The number of carbonyl (C=O) groups is 1. The third kappa shape index (κ3) is 10.4. The third-order valence-electron chi connectivity index (χ3n) is 2.75. The molecular weight excluding hydrogens is 276 g/mol. The normalized spacial score (nSPS) is 12.1. The first-order chi connectivity index (χ1) is 10.4. The first-order valence-corrected chi connectivity index (χ1v) is 8.11. The molecule has 4 nitrogen and oxygen atoms in total. The van der Waals surface area contributed by atoms with Crippen molar-refractivity contribution >= 4 is 5.97 Å². The SMILES string of the molecule is CC.CC(C)(C)OC(=O)C(N)CCCNCc1ccccc1. The second-order valence-electron chi connectivity index (χ2n) is 5.94. The van der Waals surface area contributed by atoms with Crippen LogP contribution in [0.3, 0.4) is 0 Å². The van der Waals surface area contributed by atoms with E-state index < -0.39 is 11.6 Å². The highest BCUT2D eigenvalue weighted by Crippen LogP contribution is 2.09. The quantitative estimate of drug-likeness (QED) is 0.599. The summed E-state index contributed by atoms with van der Waals surface area (Å²) in [6.07, 6.45) is 1.49. The van der Waals surface area contributed by atoms with Gasteiger partial charge in [0.05, 0.1) is 0 Å². The fourth-order valence-corrected chi connectivity index (χ4v) is 1.77. The van der Waals surface area contributed by atoms with Crippen LogP contribution in [0.2, 0.25) is 0 Å². The second-order valence-corrected chi connectivity index (χ2v) is 5.94. The van der Waals surface area contributed by atoms with Crippen LogP contribution in [0, 0.1) is 0 Å². The van der Waals surface area contributed by atoms with E-state index in [0.717, 1.165) is 19.5 Å². The molecule has 0 aliphatic heterocycles. The zero-order valence-corrected chi connectivity index (χ0v) is 14.7. The molecule has 0 fully saturated rings. The van der Waals surface area contributed by atoms with Crippen LogP contribution in [0.5, 0.6) is 0 Å². The molecule has 0 amide bonds. The van der Waals surface area contributed by atoms with Crippen LogP contribution in [-0.2, 0) is 16.1 Å². The van der Waals surface area contributed by atoms with E-state index in [1.54, 1.807) is 0 Å². The van der Waals surface area contributed by atoms with E-state index in [1.165, 1.54) is 5.56 Å². The van der Waals surface area contributed by atoms with E-state index in [2.05, 4.69) is 17.4 Å². The van der Waals surface area contributed by atoms with Gasteiger partial charge < -0.3 is 15.8 Å². The number of nitrogens with one attached hydrogen (secondary N) is 1. The second kappa shape index (κ2) is 11.2. The van der Waals surface area contributed by atoms with E-state index in [4.69, 9.17) is 10.5 Å². The molecule has 1 unspecified atom stereocenters. The van der Waals surface area contributed by atoms with Crippen LogP contribution in [0.15, 0.2) is 30.3 Å². The Morgan fingerprint density at radius 2 is 1.82 bits per heavy atom. The summed E-state index contributed by atoms with van der Waals surface area (Å²) in [5, 5.41) is 3.34. The number of hydrogen-bond acceptors (Lipinski definition) is 4. The standard InChI is InChI=1S/C16H26N2O2.C2H6/c1-16(2,3)20-15(19)14(17)10-7-11-18-12-13-8-5-4-6-9-13;1-2/h4-6,8-9,14,18H,7,10-12,17H2,1-3H3;1-2H3. The van der Waals surface area contributed by atoms with E-state index in [-0.39, 0.29) is 5.97 Å². The molecule has 0 aliphatic carbocycles. The van der Waals surface area contributed by atoms with Gasteiger partial charge in [-0.15, -0.1) is 0 Å². The molecule has 1 rings (SSSR count). The molecule has 0 aromatic heterocycles. The fourth-order valence-electron chi connectivity index (χ4n) is 1.77. The largest absolute Gasteiger partial charge is 0.459 e. The Labute approximate surface area is 135 Å². The van der Waals surface area contributed by atoms with Gasteiger partial charge in [0, 0.05) is 6.54 Å². The summed E-state index contributed by atoms with van der Waals surface area (Å²) in [6.45, 7) is 11.2. The molecule has 1 aromatic rings. The van der Waals surface area contributed by atoms with Gasteiger partial charge >= 0.3 is 5.97 Å². The summed E-state index contributed by atoms with van der Waals surface area (Å²) in [4.78, 5) is 11.7. The van der Waals surface area contributed by atoms with Gasteiger partial charge in [0.15, 0.2) is 0 Å². The Morgan fingerprint density at radius 3 is 2.36 bits per heavy atom. The van der Waals surface area contributed by atoms with Crippen LogP contribution >= 0.6 is 0 Å². The summed E-state index contributed by atoms with van der Waals surface area (Å²) in [5.41, 5.74) is 6.60. The molecule has 22 heavy (non-hydrogen) atoms. The molecule has 1 aromatic carbocycles. The predicted octanol–water partition coefficient (Wildman–Crippen LogP) is 3.25. The maximum absolute atomic E-state index is 11.7. The van der Waals surface area contributed by atoms with E-state index >= 15 is 0 Å². The van der Waals surface area contributed by atoms with Crippen molar-refractivity contribution in [3.8, 4) is 0 Å². The highest BCUT2D eigenvalue weighted by atomic mass is 16.6. The van der Waals surface area contributed by atoms with Crippen LogP contribution in [0.1, 0.15) is 53.0 Å². The number of benzene rings is 1. The Kier molecular flexibility index (Phi) is 10.5. The van der Waals surface area contributed by atoms with Crippen molar-refractivity contribution in [3.05, 3.63) is 35.9 Å². The summed E-state index contributed by atoms with van der Waals surface area (Å²) in [6, 6.07) is 9.68. The van der Waals surface area contributed by atoms with Crippen LogP contribution in [-0.4, -0.2) is 24.2 Å². The zero-order chi connectivity index (χ0) is 17.0. The number of esters is 1. The first-order valence-electron chi connectivity index (χ1n) is 8.11. The van der Waals surface area contributed by atoms with Gasteiger partial charge in [0.1, 0.15) is 11.6 Å². The summed E-state index contributed by atoms with van der Waals surface area (Å²) in [5.74, 6) is -0.319. The smallest absolute Gasteiger partial charge is 0.323 e. The predicted molar refractivity (Wildman–Crippen MR) is 92.6 cm³/mol. The summed E-state index contributed by atoms with van der Waals surface area (Å²) < 4.78 is 5.24. The van der Waals surface area contributed by atoms with Crippen molar-refractivity contribution in [2.45, 2.75) is 65.6 Å². The Hall–Kier alpha value is -1.39. The van der Waals surface area contributed by atoms with Gasteiger partial charge in [-0.25, -0.2) is 0 Å². The van der Waals surface area contributed by atoms with Crippen molar-refractivity contribution in [3.63, 3.8) is 0 Å². The molecule has 0 saturated heterocycles. The Bertz CT molecular complexity index is 399. The zero-order valence-electron chi connectivity index (χ0n) is 14.7. The lowest BCUT2D eigenvalue weighted by atomic mass is 10.1. The van der Waals surface area contributed by atoms with Gasteiger partial charge in [0.25, 0.3) is 0 Å². The average Bonchev–Trinajstić information content (AvgIpc) is 2.48. The lowest BCUT2D eigenvalue weighted by Gasteiger charge is -2.22. The minimum atomic E-state index is -0.534. The van der Waals surface area contributed by atoms with E-state index in [1.807, 2.05) is 52.8 Å². The lowest BCUT2D eigenvalue weighted by Crippen LogP contribution is -2.37. The van der Waals surface area contributed by atoms with Gasteiger partial charge in [-0.05, 0) is 45.7 Å². The average molecular weight is 308 g/mol. The van der Waals surface area contributed by atoms with Gasteiger partial charge in [-0.3, -0.25) is 4.79 Å². The molecule has 3 N–H and O–H groups in total. The minimum Gasteiger partial charge on any atom is -0.459 e. The molecule has 0 bridgehead atoms. The number of ether oxygens (including phenoxy) is 1. The molecule has 126 valence electrons. The lowest BCUT2D eigenvalue weighted by molar-refractivity contribution is -0.156. The molecule has 0 heterocycles. The van der Waals surface area contributed by atoms with Crippen molar-refractivity contribution in [1.29, 1.82) is 0 Å². The third-order valence-corrected chi connectivity index (χ3v) is 2.75. The number of nitrogens with two attached hydrogens (primary N) is 1. The molecular formula is C18H32N2O2. The van der Waals surface area contributed by atoms with Gasteiger partial charge in [-0.1, -0.05) is 44.2 Å². The first kappa shape index (κ1) is 20.6. The summed E-state index contributed by atoms with van der Waals surface area (Å²) >= 11 is 0.